The van der Waals surface area contributed by atoms with Gasteiger partial charge in [-0.05, 0) is 55.3 Å². The maximum absolute atomic E-state index is 13.0. The van der Waals surface area contributed by atoms with Crippen LogP contribution >= 0.6 is 0 Å². The molecule has 172 valence electrons. The number of amides is 1. The summed E-state index contributed by atoms with van der Waals surface area (Å²) in [6.45, 7) is 4.96. The Hall–Kier alpha value is -2.91. The summed E-state index contributed by atoms with van der Waals surface area (Å²) in [6, 6.07) is 11.4. The fourth-order valence-electron chi connectivity index (χ4n) is 3.57. The summed E-state index contributed by atoms with van der Waals surface area (Å²) in [6.07, 6.45) is 0.235. The highest BCUT2D eigenvalue weighted by atomic mass is 32.2. The highest BCUT2D eigenvalue weighted by Crippen LogP contribution is 2.21. The summed E-state index contributed by atoms with van der Waals surface area (Å²) < 4.78 is 37.5. The first kappa shape index (κ1) is 23.7. The van der Waals surface area contributed by atoms with Gasteiger partial charge in [0, 0.05) is 26.2 Å². The summed E-state index contributed by atoms with van der Waals surface area (Å²) >= 11 is 0. The molecule has 1 saturated heterocycles. The Morgan fingerprint density at radius 2 is 1.66 bits per heavy atom. The van der Waals surface area contributed by atoms with Crippen molar-refractivity contribution in [2.24, 2.45) is 0 Å². The second kappa shape index (κ2) is 10.1. The van der Waals surface area contributed by atoms with Crippen molar-refractivity contribution in [3.8, 4) is 5.75 Å². The van der Waals surface area contributed by atoms with Crippen LogP contribution in [-0.4, -0.2) is 69.4 Å². The second-order valence-electron chi connectivity index (χ2n) is 7.51. The van der Waals surface area contributed by atoms with Crippen LogP contribution in [-0.2, 0) is 26.0 Å². The van der Waals surface area contributed by atoms with Crippen LogP contribution in [0.2, 0.25) is 0 Å². The van der Waals surface area contributed by atoms with Gasteiger partial charge in [0.1, 0.15) is 5.75 Å². The minimum Gasteiger partial charge on any atom is -0.496 e. The molecule has 2 aromatic rings. The first-order chi connectivity index (χ1) is 15.3. The minimum absolute atomic E-state index is 0.0493. The Bertz CT molecular complexity index is 1070. The molecule has 0 atom stereocenters. The largest absolute Gasteiger partial charge is 0.496 e. The van der Waals surface area contributed by atoms with E-state index in [4.69, 9.17) is 9.47 Å². The Labute approximate surface area is 188 Å². The predicted molar refractivity (Wildman–Crippen MR) is 119 cm³/mol. The highest BCUT2D eigenvalue weighted by molar-refractivity contribution is 7.89. The number of aryl methyl sites for hydroxylation is 1. The molecule has 1 aliphatic rings. The molecule has 1 heterocycles. The van der Waals surface area contributed by atoms with Crippen molar-refractivity contribution >= 4 is 21.9 Å². The molecule has 3 rings (SSSR count). The molecule has 1 fully saturated rings. The van der Waals surface area contributed by atoms with Gasteiger partial charge in [0.25, 0.3) is 0 Å². The molecule has 0 unspecified atom stereocenters. The van der Waals surface area contributed by atoms with Crippen molar-refractivity contribution in [3.05, 3.63) is 59.2 Å². The number of carbonyl (C=O) groups is 2. The summed E-state index contributed by atoms with van der Waals surface area (Å²) in [5.41, 5.74) is 2.15. The zero-order valence-electron chi connectivity index (χ0n) is 18.5. The van der Waals surface area contributed by atoms with Crippen LogP contribution in [0.15, 0.2) is 47.4 Å². The molecular weight excluding hydrogens is 432 g/mol. The number of carbonyl (C=O) groups excluding carboxylic acids is 2. The van der Waals surface area contributed by atoms with Gasteiger partial charge in [-0.2, -0.15) is 4.31 Å². The SMILES string of the molecule is CCOC(=O)c1ccc(S(=O)(=O)N2CCN(C(=O)Cc3ccc(C)c(OC)c3)CC2)cc1. The number of methoxy groups -OCH3 is 1. The van der Waals surface area contributed by atoms with E-state index in [1.54, 1.807) is 18.9 Å². The van der Waals surface area contributed by atoms with E-state index >= 15 is 0 Å². The molecule has 1 aliphatic heterocycles. The van der Waals surface area contributed by atoms with Crippen molar-refractivity contribution < 1.29 is 27.5 Å². The summed E-state index contributed by atoms with van der Waals surface area (Å²) in [7, 11) is -2.12. The molecule has 0 aliphatic carbocycles. The molecule has 0 spiro atoms. The van der Waals surface area contributed by atoms with Crippen LogP contribution < -0.4 is 4.74 Å². The Balaban J connectivity index is 1.60. The third-order valence-electron chi connectivity index (χ3n) is 5.42. The lowest BCUT2D eigenvalue weighted by atomic mass is 10.1. The van der Waals surface area contributed by atoms with Gasteiger partial charge >= 0.3 is 5.97 Å². The maximum Gasteiger partial charge on any atom is 0.338 e. The van der Waals surface area contributed by atoms with Gasteiger partial charge in [0.15, 0.2) is 0 Å². The average molecular weight is 461 g/mol. The van der Waals surface area contributed by atoms with Gasteiger partial charge in [-0.1, -0.05) is 12.1 Å². The van der Waals surface area contributed by atoms with Crippen molar-refractivity contribution in [1.82, 2.24) is 9.21 Å². The number of hydrogen-bond donors (Lipinski definition) is 0. The van der Waals surface area contributed by atoms with E-state index in [1.807, 2.05) is 25.1 Å². The normalized spacial score (nSPS) is 14.8. The van der Waals surface area contributed by atoms with Crippen molar-refractivity contribution in [1.29, 1.82) is 0 Å². The van der Waals surface area contributed by atoms with Crippen molar-refractivity contribution in [3.63, 3.8) is 0 Å². The summed E-state index contributed by atoms with van der Waals surface area (Å²) in [4.78, 5) is 26.3. The van der Waals surface area contributed by atoms with Gasteiger partial charge in [-0.15, -0.1) is 0 Å². The zero-order valence-corrected chi connectivity index (χ0v) is 19.4. The van der Waals surface area contributed by atoms with Gasteiger partial charge in [-0.25, -0.2) is 13.2 Å². The fourth-order valence-corrected chi connectivity index (χ4v) is 4.99. The van der Waals surface area contributed by atoms with Gasteiger partial charge in [-0.3, -0.25) is 4.79 Å². The molecule has 0 aromatic heterocycles. The van der Waals surface area contributed by atoms with E-state index in [2.05, 4.69) is 0 Å². The lowest BCUT2D eigenvalue weighted by Gasteiger charge is -2.34. The zero-order chi connectivity index (χ0) is 23.3. The quantitative estimate of drug-likeness (QED) is 0.589. The van der Waals surface area contributed by atoms with Gasteiger partial charge < -0.3 is 14.4 Å². The smallest absolute Gasteiger partial charge is 0.338 e. The lowest BCUT2D eigenvalue weighted by molar-refractivity contribution is -0.131. The van der Waals surface area contributed by atoms with Gasteiger partial charge in [0.2, 0.25) is 15.9 Å². The van der Waals surface area contributed by atoms with Gasteiger partial charge in [0.05, 0.1) is 30.6 Å². The molecule has 2 aromatic carbocycles. The van der Waals surface area contributed by atoms with E-state index in [0.29, 0.717) is 18.7 Å². The van der Waals surface area contributed by atoms with E-state index < -0.39 is 16.0 Å². The van der Waals surface area contributed by atoms with E-state index in [0.717, 1.165) is 16.9 Å². The topological polar surface area (TPSA) is 93.2 Å². The van der Waals surface area contributed by atoms with E-state index in [1.165, 1.54) is 28.6 Å². The number of sulfonamides is 1. The molecular formula is C23H28N2O6S. The highest BCUT2D eigenvalue weighted by Gasteiger charge is 2.30. The number of rotatable bonds is 7. The third kappa shape index (κ3) is 5.28. The molecule has 1 amide bonds. The third-order valence-corrected chi connectivity index (χ3v) is 7.34. The molecule has 0 saturated carbocycles. The number of esters is 1. The summed E-state index contributed by atoms with van der Waals surface area (Å²) in [5.74, 6) is 0.196. The molecule has 9 heteroatoms. The van der Waals surface area contributed by atoms with Crippen LogP contribution in [0.3, 0.4) is 0 Å². The molecule has 0 N–H and O–H groups in total. The van der Waals surface area contributed by atoms with E-state index in [9.17, 15) is 18.0 Å². The second-order valence-corrected chi connectivity index (χ2v) is 9.45. The van der Waals surface area contributed by atoms with E-state index in [-0.39, 0.29) is 36.9 Å². The number of hydrogen-bond acceptors (Lipinski definition) is 6. The molecule has 0 radical (unpaired) electrons. The lowest BCUT2D eigenvalue weighted by Crippen LogP contribution is -2.50. The van der Waals surface area contributed by atoms with Crippen molar-refractivity contribution in [2.75, 3.05) is 39.9 Å². The van der Waals surface area contributed by atoms with Crippen LogP contribution in [0, 0.1) is 6.92 Å². The summed E-state index contributed by atoms with van der Waals surface area (Å²) in [5, 5.41) is 0. The number of piperazine rings is 1. The molecule has 0 bridgehead atoms. The Morgan fingerprint density at radius 3 is 2.25 bits per heavy atom. The van der Waals surface area contributed by atoms with Crippen LogP contribution in [0.1, 0.15) is 28.4 Å². The maximum atomic E-state index is 13.0. The number of benzene rings is 2. The Kier molecular flexibility index (Phi) is 7.52. The average Bonchev–Trinajstić information content (AvgIpc) is 2.80. The number of ether oxygens (including phenoxy) is 2. The molecule has 32 heavy (non-hydrogen) atoms. The standard InChI is InChI=1S/C23H28N2O6S/c1-4-31-23(27)19-7-9-20(10-8-19)32(28,29)25-13-11-24(12-14-25)22(26)16-18-6-5-17(2)21(15-18)30-3/h5-10,15H,4,11-14,16H2,1-3H3. The Morgan fingerprint density at radius 1 is 1.00 bits per heavy atom. The monoisotopic (exact) mass is 460 g/mol. The van der Waals surface area contributed by atoms with Crippen LogP contribution in [0.25, 0.3) is 0 Å². The van der Waals surface area contributed by atoms with Crippen molar-refractivity contribution in [2.45, 2.75) is 25.2 Å². The predicted octanol–water partition coefficient (Wildman–Crippen LogP) is 2.26. The molecule has 8 nitrogen and oxygen atoms in total. The van der Waals surface area contributed by atoms with Crippen LogP contribution in [0.4, 0.5) is 0 Å². The minimum atomic E-state index is -3.71. The first-order valence-electron chi connectivity index (χ1n) is 10.4. The first-order valence-corrected chi connectivity index (χ1v) is 11.9. The number of nitrogens with zero attached hydrogens (tertiary/aromatic N) is 2. The van der Waals surface area contributed by atoms with Crippen LogP contribution in [0.5, 0.6) is 5.75 Å². The fraction of sp³-hybridized carbons (Fsp3) is 0.391.